The van der Waals surface area contributed by atoms with Crippen LogP contribution in [0.25, 0.3) is 0 Å². The summed E-state index contributed by atoms with van der Waals surface area (Å²) in [5.74, 6) is -0.529. The second-order valence-corrected chi connectivity index (χ2v) is 4.85. The molecule has 0 radical (unpaired) electrons. The summed E-state index contributed by atoms with van der Waals surface area (Å²) in [6.07, 6.45) is 0. The Kier molecular flexibility index (Phi) is 4.77. The summed E-state index contributed by atoms with van der Waals surface area (Å²) >= 11 is 9.35. The van der Waals surface area contributed by atoms with E-state index in [0.717, 1.165) is 23.8 Å². The van der Waals surface area contributed by atoms with Crippen LogP contribution in [0.5, 0.6) is 5.75 Å². The number of alkyl halides is 1. The van der Waals surface area contributed by atoms with Gasteiger partial charge in [-0.05, 0) is 24.3 Å². The molecule has 0 unspecified atom stereocenters. The predicted molar refractivity (Wildman–Crippen MR) is 74.8 cm³/mol. The SMILES string of the molecule is Fc1ccc(F)c(COc2c(Cl)cccc2CBr)c1. The summed E-state index contributed by atoms with van der Waals surface area (Å²) in [7, 11) is 0. The first-order chi connectivity index (χ1) is 9.11. The third-order valence-electron chi connectivity index (χ3n) is 2.57. The maximum absolute atomic E-state index is 13.5. The van der Waals surface area contributed by atoms with Crippen molar-refractivity contribution in [3.8, 4) is 5.75 Å². The van der Waals surface area contributed by atoms with Crippen LogP contribution in [0.3, 0.4) is 0 Å². The molecule has 1 nitrogen and oxygen atoms in total. The van der Waals surface area contributed by atoms with Crippen LogP contribution in [0, 0.1) is 11.6 Å². The molecule has 2 aromatic rings. The molecule has 0 bridgehead atoms. The number of para-hydroxylation sites is 1. The average molecular weight is 348 g/mol. The molecule has 0 saturated heterocycles. The summed E-state index contributed by atoms with van der Waals surface area (Å²) < 4.78 is 32.0. The fourth-order valence-electron chi connectivity index (χ4n) is 1.62. The van der Waals surface area contributed by atoms with Crippen LogP contribution < -0.4 is 4.74 Å². The van der Waals surface area contributed by atoms with Gasteiger partial charge in [-0.3, -0.25) is 0 Å². The first-order valence-corrected chi connectivity index (χ1v) is 7.02. The monoisotopic (exact) mass is 346 g/mol. The van der Waals surface area contributed by atoms with E-state index in [0.29, 0.717) is 16.1 Å². The highest BCUT2D eigenvalue weighted by Crippen LogP contribution is 2.31. The van der Waals surface area contributed by atoms with Crippen molar-refractivity contribution in [1.29, 1.82) is 0 Å². The van der Waals surface area contributed by atoms with Gasteiger partial charge in [0.15, 0.2) is 0 Å². The highest BCUT2D eigenvalue weighted by Gasteiger charge is 2.10. The van der Waals surface area contributed by atoms with Gasteiger partial charge in [0.2, 0.25) is 0 Å². The van der Waals surface area contributed by atoms with Crippen LogP contribution in [0.1, 0.15) is 11.1 Å². The van der Waals surface area contributed by atoms with Crippen LogP contribution in [0.2, 0.25) is 5.02 Å². The number of hydrogen-bond donors (Lipinski definition) is 0. The molecule has 2 aromatic carbocycles. The molecule has 2 rings (SSSR count). The van der Waals surface area contributed by atoms with Crippen LogP contribution >= 0.6 is 27.5 Å². The Morgan fingerprint density at radius 3 is 2.63 bits per heavy atom. The van der Waals surface area contributed by atoms with Crippen molar-refractivity contribution in [3.63, 3.8) is 0 Å². The topological polar surface area (TPSA) is 9.23 Å². The summed E-state index contributed by atoms with van der Waals surface area (Å²) in [4.78, 5) is 0. The lowest BCUT2D eigenvalue weighted by Crippen LogP contribution is -2.01. The Hall–Kier alpha value is -1.13. The van der Waals surface area contributed by atoms with E-state index in [1.54, 1.807) is 12.1 Å². The largest absolute Gasteiger partial charge is 0.487 e. The quantitative estimate of drug-likeness (QED) is 0.700. The molecule has 0 saturated carbocycles. The minimum absolute atomic E-state index is 0.0761. The minimum atomic E-state index is -0.506. The van der Waals surface area contributed by atoms with Crippen LogP contribution in [0.15, 0.2) is 36.4 Å². The molecule has 0 amide bonds. The zero-order valence-corrected chi connectivity index (χ0v) is 12.1. The van der Waals surface area contributed by atoms with E-state index in [1.165, 1.54) is 0 Å². The number of rotatable bonds is 4. The van der Waals surface area contributed by atoms with E-state index in [1.807, 2.05) is 6.07 Å². The van der Waals surface area contributed by atoms with E-state index in [2.05, 4.69) is 15.9 Å². The zero-order valence-electron chi connectivity index (χ0n) is 9.80. The fourth-order valence-corrected chi connectivity index (χ4v) is 2.31. The van der Waals surface area contributed by atoms with Crippen LogP contribution in [-0.2, 0) is 11.9 Å². The lowest BCUT2D eigenvalue weighted by molar-refractivity contribution is 0.297. The standard InChI is InChI=1S/C14H10BrClF2O/c15-7-9-2-1-3-12(16)14(9)19-8-10-6-11(17)4-5-13(10)18/h1-6H,7-8H2. The molecule has 0 spiro atoms. The van der Waals surface area contributed by atoms with Crippen molar-refractivity contribution < 1.29 is 13.5 Å². The van der Waals surface area contributed by atoms with Crippen molar-refractivity contribution in [2.75, 3.05) is 0 Å². The van der Waals surface area contributed by atoms with Crippen molar-refractivity contribution in [2.24, 2.45) is 0 Å². The molecule has 0 aromatic heterocycles. The molecule has 5 heteroatoms. The minimum Gasteiger partial charge on any atom is -0.487 e. The van der Waals surface area contributed by atoms with Crippen LogP contribution in [0.4, 0.5) is 8.78 Å². The Morgan fingerprint density at radius 2 is 1.89 bits per heavy atom. The Balaban J connectivity index is 2.21. The first-order valence-electron chi connectivity index (χ1n) is 5.52. The molecule has 0 aliphatic rings. The molecule has 0 atom stereocenters. The van der Waals surface area contributed by atoms with Gasteiger partial charge in [0.25, 0.3) is 0 Å². The maximum Gasteiger partial charge on any atom is 0.142 e. The third kappa shape index (κ3) is 3.45. The van der Waals surface area contributed by atoms with Gasteiger partial charge < -0.3 is 4.74 Å². The van der Waals surface area contributed by atoms with Crippen molar-refractivity contribution >= 4 is 27.5 Å². The van der Waals surface area contributed by atoms with E-state index in [9.17, 15) is 8.78 Å². The lowest BCUT2D eigenvalue weighted by atomic mass is 10.2. The van der Waals surface area contributed by atoms with Gasteiger partial charge in [0.05, 0.1) is 5.02 Å². The predicted octanol–water partition coefficient (Wildman–Crippen LogP) is 5.09. The number of halogens is 4. The first kappa shape index (κ1) is 14.3. The van der Waals surface area contributed by atoms with Gasteiger partial charge in [0.1, 0.15) is 24.0 Å². The summed E-state index contributed by atoms with van der Waals surface area (Å²) in [6, 6.07) is 8.59. The van der Waals surface area contributed by atoms with Gasteiger partial charge in [-0.1, -0.05) is 39.7 Å². The Labute approximate surface area is 123 Å². The molecular formula is C14H10BrClF2O. The normalized spacial score (nSPS) is 10.5. The van der Waals surface area contributed by atoms with Gasteiger partial charge in [-0.15, -0.1) is 0 Å². The highest BCUT2D eigenvalue weighted by atomic mass is 79.9. The van der Waals surface area contributed by atoms with Crippen LogP contribution in [-0.4, -0.2) is 0 Å². The molecule has 0 N–H and O–H groups in total. The number of hydrogen-bond acceptors (Lipinski definition) is 1. The molecule has 0 fully saturated rings. The van der Waals surface area contributed by atoms with Gasteiger partial charge in [-0.25, -0.2) is 8.78 Å². The summed E-state index contributed by atoms with van der Waals surface area (Å²) in [5.41, 5.74) is 1.00. The molecule has 0 aliphatic carbocycles. The fraction of sp³-hybridized carbons (Fsp3) is 0.143. The smallest absolute Gasteiger partial charge is 0.142 e. The third-order valence-corrected chi connectivity index (χ3v) is 3.47. The second kappa shape index (κ2) is 6.35. The molecule has 0 heterocycles. The van der Waals surface area contributed by atoms with E-state index < -0.39 is 11.6 Å². The Morgan fingerprint density at radius 1 is 1.11 bits per heavy atom. The molecule has 100 valence electrons. The van der Waals surface area contributed by atoms with Gasteiger partial charge in [-0.2, -0.15) is 0 Å². The van der Waals surface area contributed by atoms with Crippen molar-refractivity contribution in [2.45, 2.75) is 11.9 Å². The van der Waals surface area contributed by atoms with E-state index in [-0.39, 0.29) is 12.2 Å². The summed E-state index contributed by atoms with van der Waals surface area (Å²) in [6.45, 7) is -0.0761. The number of benzene rings is 2. The maximum atomic E-state index is 13.5. The Bertz CT molecular complexity index is 590. The molecular weight excluding hydrogens is 338 g/mol. The highest BCUT2D eigenvalue weighted by molar-refractivity contribution is 9.08. The zero-order chi connectivity index (χ0) is 13.8. The average Bonchev–Trinajstić information content (AvgIpc) is 2.40. The van der Waals surface area contributed by atoms with E-state index >= 15 is 0 Å². The van der Waals surface area contributed by atoms with Gasteiger partial charge in [0, 0.05) is 16.5 Å². The molecule has 19 heavy (non-hydrogen) atoms. The number of ether oxygens (including phenoxy) is 1. The van der Waals surface area contributed by atoms with Crippen molar-refractivity contribution in [1.82, 2.24) is 0 Å². The second-order valence-electron chi connectivity index (χ2n) is 3.89. The van der Waals surface area contributed by atoms with E-state index in [4.69, 9.17) is 16.3 Å². The van der Waals surface area contributed by atoms with Crippen molar-refractivity contribution in [3.05, 3.63) is 64.2 Å². The molecule has 0 aliphatic heterocycles. The van der Waals surface area contributed by atoms with Gasteiger partial charge >= 0.3 is 0 Å². The summed E-state index contributed by atoms with van der Waals surface area (Å²) in [5, 5.41) is 1.00. The lowest BCUT2D eigenvalue weighted by Gasteiger charge is -2.12.